The second-order valence-electron chi connectivity index (χ2n) is 6.36. The third-order valence-electron chi connectivity index (χ3n) is 4.01. The highest BCUT2D eigenvalue weighted by Crippen LogP contribution is 2.36. The molecule has 0 aliphatic rings. The van der Waals surface area contributed by atoms with Crippen LogP contribution in [0.15, 0.2) is 41.4 Å². The largest absolute Gasteiger partial charge is 0.481 e. The maximum Gasteiger partial charge on any atom is 0.456 e. The highest BCUT2D eigenvalue weighted by Gasteiger charge is 2.58. The van der Waals surface area contributed by atoms with Gasteiger partial charge in [0.2, 0.25) is 0 Å². The molecule has 0 amide bonds. The molecule has 1 aromatic carbocycles. The Bertz CT molecular complexity index is 990. The highest BCUT2D eigenvalue weighted by atomic mass is 32.2. The molecule has 0 saturated carbocycles. The van der Waals surface area contributed by atoms with Crippen LogP contribution in [-0.2, 0) is 9.84 Å². The molecule has 5 nitrogen and oxygen atoms in total. The van der Waals surface area contributed by atoms with Crippen LogP contribution in [0.25, 0.3) is 11.3 Å². The number of rotatable bonds is 7. The average molecular weight is 440 g/mol. The Kier molecular flexibility index (Phi) is 6.41. The molecule has 0 radical (unpaired) electrons. The second-order valence-corrected chi connectivity index (χ2v) is 8.40. The number of alkyl halides is 5. The number of pyridine rings is 1. The number of ether oxygens (including phenoxy) is 1. The van der Waals surface area contributed by atoms with Gasteiger partial charge in [-0.3, -0.25) is 5.21 Å². The maximum atomic E-state index is 13.0. The van der Waals surface area contributed by atoms with Crippen molar-refractivity contribution in [3.63, 3.8) is 0 Å². The van der Waals surface area contributed by atoms with Gasteiger partial charge in [0.25, 0.3) is 11.9 Å². The molecule has 0 aliphatic carbocycles. The summed E-state index contributed by atoms with van der Waals surface area (Å²) in [6.45, 7) is 1.32. The lowest BCUT2D eigenvalue weighted by atomic mass is 10.1. The third-order valence-corrected chi connectivity index (χ3v) is 6.12. The summed E-state index contributed by atoms with van der Waals surface area (Å²) in [4.78, 5) is 0.00178. The second kappa shape index (κ2) is 8.13. The molecular formula is C18H19F5NO4S+. The van der Waals surface area contributed by atoms with Gasteiger partial charge in [0.1, 0.15) is 0 Å². The van der Waals surface area contributed by atoms with Gasteiger partial charge in [-0.25, -0.2) is 8.42 Å². The van der Waals surface area contributed by atoms with Crippen LogP contribution >= 0.6 is 0 Å². The van der Waals surface area contributed by atoms with E-state index in [1.165, 1.54) is 12.1 Å². The number of hydrogen-bond donors (Lipinski definition) is 1. The van der Waals surface area contributed by atoms with Crippen molar-refractivity contribution in [3.8, 4) is 17.0 Å². The first-order chi connectivity index (χ1) is 13.3. The molecule has 0 unspecified atom stereocenters. The fourth-order valence-corrected chi connectivity index (χ4v) is 4.47. The molecule has 160 valence electrons. The number of aryl methyl sites for hydroxylation is 1. The van der Waals surface area contributed by atoms with Gasteiger partial charge in [-0.15, -0.1) is 0 Å². The average Bonchev–Trinajstić information content (AvgIpc) is 2.58. The van der Waals surface area contributed by atoms with Crippen LogP contribution in [0.1, 0.15) is 18.9 Å². The number of hydrogen-bond acceptors (Lipinski definition) is 4. The Hall–Kier alpha value is -2.43. The lowest BCUT2D eigenvalue weighted by Gasteiger charge is -2.19. The zero-order chi connectivity index (χ0) is 22.0. The van der Waals surface area contributed by atoms with Crippen LogP contribution in [0.4, 0.5) is 22.0 Å². The number of aromatic nitrogens is 1. The summed E-state index contributed by atoms with van der Waals surface area (Å²) in [5, 5.41) is 10.2. The molecular weight excluding hydrogens is 421 g/mol. The fourth-order valence-electron chi connectivity index (χ4n) is 2.66. The van der Waals surface area contributed by atoms with Crippen molar-refractivity contribution in [3.05, 3.63) is 42.1 Å². The topological polar surface area (TPSA) is 67.5 Å². The van der Waals surface area contributed by atoms with Gasteiger partial charge in [-0.05, 0) is 31.0 Å². The zero-order valence-electron chi connectivity index (χ0n) is 15.5. The third kappa shape index (κ3) is 4.95. The molecule has 0 saturated heterocycles. The molecule has 2 rings (SSSR count). The number of nitrogens with zero attached hydrogens (tertiary/aromatic N) is 1. The SMILES string of the molecule is CCCS(=O)(=O)c1c(C)cccc1-c1ccc(OCC(F)(F)C(F)(F)F)c[n+]1O. The van der Waals surface area contributed by atoms with Gasteiger partial charge in [0, 0.05) is 10.8 Å². The van der Waals surface area contributed by atoms with Crippen LogP contribution in [0.5, 0.6) is 5.75 Å². The molecule has 1 N–H and O–H groups in total. The minimum Gasteiger partial charge on any atom is -0.481 e. The summed E-state index contributed by atoms with van der Waals surface area (Å²) < 4.78 is 92.7. The highest BCUT2D eigenvalue weighted by molar-refractivity contribution is 7.91. The quantitative estimate of drug-likeness (QED) is 0.402. The van der Waals surface area contributed by atoms with E-state index >= 15 is 0 Å². The Morgan fingerprint density at radius 2 is 1.76 bits per heavy atom. The van der Waals surface area contributed by atoms with Crippen LogP contribution < -0.4 is 9.47 Å². The molecule has 29 heavy (non-hydrogen) atoms. The standard InChI is InChI=1S/C18H19F5NO4S/c1-3-9-29(26,27)16-12(2)5-4-6-14(16)15-8-7-13(10-24(15)25)28-11-17(19,20)18(21,22)23/h4-8,10,25H,3,9,11H2,1-2H3/q+1. The van der Waals surface area contributed by atoms with Crippen molar-refractivity contribution < 1.29 is 45.0 Å². The summed E-state index contributed by atoms with van der Waals surface area (Å²) in [7, 11) is -3.67. The Balaban J connectivity index is 2.41. The first-order valence-electron chi connectivity index (χ1n) is 8.45. The van der Waals surface area contributed by atoms with E-state index in [1.54, 1.807) is 26.0 Å². The maximum absolute atomic E-state index is 13.0. The van der Waals surface area contributed by atoms with E-state index in [0.717, 1.165) is 12.3 Å². The predicted molar refractivity (Wildman–Crippen MR) is 92.8 cm³/mol. The van der Waals surface area contributed by atoms with E-state index in [1.807, 2.05) is 0 Å². The van der Waals surface area contributed by atoms with Crippen LogP contribution in [-0.4, -0.2) is 38.1 Å². The van der Waals surface area contributed by atoms with E-state index in [4.69, 9.17) is 0 Å². The minimum absolute atomic E-state index is 0.00157. The summed E-state index contributed by atoms with van der Waals surface area (Å²) in [5.41, 5.74) is 0.604. The van der Waals surface area contributed by atoms with E-state index in [2.05, 4.69) is 4.74 Å². The van der Waals surface area contributed by atoms with Crippen LogP contribution in [0.2, 0.25) is 0 Å². The number of sulfone groups is 1. The van der Waals surface area contributed by atoms with Crippen molar-refractivity contribution >= 4 is 9.84 Å². The van der Waals surface area contributed by atoms with Crippen molar-refractivity contribution in [1.29, 1.82) is 0 Å². The number of benzene rings is 1. The fraction of sp³-hybridized carbons (Fsp3) is 0.389. The van der Waals surface area contributed by atoms with Gasteiger partial charge in [0.05, 0.1) is 16.2 Å². The van der Waals surface area contributed by atoms with E-state index < -0.39 is 34.3 Å². The summed E-state index contributed by atoms with van der Waals surface area (Å²) in [6.07, 6.45) is -4.62. The Morgan fingerprint density at radius 1 is 1.10 bits per heavy atom. The van der Waals surface area contributed by atoms with E-state index in [-0.39, 0.29) is 21.9 Å². The molecule has 0 spiro atoms. The molecule has 1 aromatic heterocycles. The predicted octanol–water partition coefficient (Wildman–Crippen LogP) is 3.95. The first kappa shape index (κ1) is 22.9. The summed E-state index contributed by atoms with van der Waals surface area (Å²) >= 11 is 0. The van der Waals surface area contributed by atoms with Gasteiger partial charge < -0.3 is 4.74 Å². The monoisotopic (exact) mass is 440 g/mol. The molecule has 11 heteroatoms. The normalized spacial score (nSPS) is 12.8. The Labute approximate surface area is 164 Å². The molecule has 2 aromatic rings. The van der Waals surface area contributed by atoms with Crippen molar-refractivity contribution in [1.82, 2.24) is 0 Å². The molecule has 0 aliphatic heterocycles. The van der Waals surface area contributed by atoms with Crippen LogP contribution in [0.3, 0.4) is 0 Å². The lowest BCUT2D eigenvalue weighted by molar-refractivity contribution is -0.896. The Morgan fingerprint density at radius 3 is 2.31 bits per heavy atom. The molecule has 0 fully saturated rings. The minimum atomic E-state index is -5.77. The zero-order valence-corrected chi connectivity index (χ0v) is 16.3. The van der Waals surface area contributed by atoms with Crippen molar-refractivity contribution in [2.75, 3.05) is 12.4 Å². The van der Waals surface area contributed by atoms with Gasteiger partial charge in [0.15, 0.2) is 22.2 Å². The van der Waals surface area contributed by atoms with Gasteiger partial charge in [-0.2, -0.15) is 22.0 Å². The molecule has 1 heterocycles. The van der Waals surface area contributed by atoms with E-state index in [9.17, 15) is 35.6 Å². The smallest absolute Gasteiger partial charge is 0.456 e. The van der Waals surface area contributed by atoms with Crippen molar-refractivity contribution in [2.24, 2.45) is 0 Å². The summed E-state index contributed by atoms with van der Waals surface area (Å²) in [5.74, 6) is -5.64. The summed E-state index contributed by atoms with van der Waals surface area (Å²) in [6, 6.07) is 6.85. The van der Waals surface area contributed by atoms with Gasteiger partial charge >= 0.3 is 12.1 Å². The van der Waals surface area contributed by atoms with Crippen LogP contribution in [0, 0.1) is 6.92 Å². The van der Waals surface area contributed by atoms with E-state index in [0.29, 0.717) is 16.7 Å². The molecule has 0 atom stereocenters. The lowest BCUT2D eigenvalue weighted by Crippen LogP contribution is -2.42. The van der Waals surface area contributed by atoms with Gasteiger partial charge in [-0.1, -0.05) is 19.1 Å². The molecule has 0 bridgehead atoms. The van der Waals surface area contributed by atoms with Crippen molar-refractivity contribution in [2.45, 2.75) is 37.3 Å². The number of halogens is 5. The first-order valence-corrected chi connectivity index (χ1v) is 10.1.